The van der Waals surface area contributed by atoms with Gasteiger partial charge < -0.3 is 9.47 Å². The van der Waals surface area contributed by atoms with E-state index < -0.39 is 0 Å². The van der Waals surface area contributed by atoms with Gasteiger partial charge in [0.1, 0.15) is 0 Å². The Hall–Kier alpha value is -2.17. The highest BCUT2D eigenvalue weighted by Crippen LogP contribution is 2.34. The average Bonchev–Trinajstić information content (AvgIpc) is 3.02. The van der Waals surface area contributed by atoms with Crippen LogP contribution in [-0.2, 0) is 6.42 Å². The van der Waals surface area contributed by atoms with E-state index in [1.807, 2.05) is 30.3 Å². The summed E-state index contributed by atoms with van der Waals surface area (Å²) >= 11 is 12.2. The van der Waals surface area contributed by atoms with Crippen molar-refractivity contribution in [3.05, 3.63) is 63.8 Å². The molecule has 124 valence electrons. The van der Waals surface area contributed by atoms with Gasteiger partial charge in [-0.15, -0.1) is 0 Å². The molecule has 3 aromatic rings. The van der Waals surface area contributed by atoms with E-state index in [2.05, 4.69) is 10.2 Å². The maximum atomic E-state index is 6.11. The van der Waals surface area contributed by atoms with Crippen LogP contribution in [0.25, 0.3) is 11.3 Å². The summed E-state index contributed by atoms with van der Waals surface area (Å²) in [5.74, 6) is 1.42. The third kappa shape index (κ3) is 3.35. The molecule has 2 aromatic carbocycles. The van der Waals surface area contributed by atoms with Crippen molar-refractivity contribution in [2.75, 3.05) is 14.2 Å². The van der Waals surface area contributed by atoms with Gasteiger partial charge in [-0.3, -0.25) is 5.10 Å². The molecule has 0 saturated heterocycles. The van der Waals surface area contributed by atoms with E-state index in [9.17, 15) is 0 Å². The van der Waals surface area contributed by atoms with Gasteiger partial charge in [-0.2, -0.15) is 5.10 Å². The molecule has 6 heteroatoms. The molecule has 4 nitrogen and oxygen atoms in total. The largest absolute Gasteiger partial charge is 0.493 e. The highest BCUT2D eigenvalue weighted by molar-refractivity contribution is 6.35. The van der Waals surface area contributed by atoms with Crippen molar-refractivity contribution >= 4 is 23.2 Å². The molecular weight excluding hydrogens is 347 g/mol. The predicted octanol–water partition coefficient (Wildman–Crippen LogP) is 4.99. The smallest absolute Gasteiger partial charge is 0.164 e. The zero-order chi connectivity index (χ0) is 17.1. The molecule has 3 rings (SSSR count). The van der Waals surface area contributed by atoms with Gasteiger partial charge >= 0.3 is 0 Å². The van der Waals surface area contributed by atoms with Crippen LogP contribution in [0.5, 0.6) is 11.5 Å². The topological polar surface area (TPSA) is 47.1 Å². The number of aromatic nitrogens is 2. The fourth-order valence-corrected chi connectivity index (χ4v) is 3.22. The summed E-state index contributed by atoms with van der Waals surface area (Å²) in [6.45, 7) is 0. The van der Waals surface area contributed by atoms with Gasteiger partial charge in [-0.05, 0) is 24.3 Å². The van der Waals surface area contributed by atoms with Crippen molar-refractivity contribution in [1.82, 2.24) is 10.2 Å². The molecule has 1 aromatic heterocycles. The van der Waals surface area contributed by atoms with E-state index >= 15 is 0 Å². The Morgan fingerprint density at radius 3 is 2.42 bits per heavy atom. The van der Waals surface area contributed by atoms with Crippen molar-refractivity contribution < 1.29 is 9.47 Å². The normalized spacial score (nSPS) is 10.7. The second-order valence-electron chi connectivity index (χ2n) is 5.26. The van der Waals surface area contributed by atoms with Crippen molar-refractivity contribution in [2.24, 2.45) is 0 Å². The lowest BCUT2D eigenvalue weighted by molar-refractivity contribution is 0.352. The van der Waals surface area contributed by atoms with E-state index in [1.54, 1.807) is 26.5 Å². The van der Waals surface area contributed by atoms with Gasteiger partial charge in [0.15, 0.2) is 11.5 Å². The summed E-state index contributed by atoms with van der Waals surface area (Å²) in [4.78, 5) is 0. The Morgan fingerprint density at radius 2 is 1.75 bits per heavy atom. The molecule has 0 aliphatic carbocycles. The van der Waals surface area contributed by atoms with Crippen molar-refractivity contribution in [3.63, 3.8) is 0 Å². The molecule has 24 heavy (non-hydrogen) atoms. The Bertz CT molecular complexity index is 842. The van der Waals surface area contributed by atoms with Gasteiger partial charge in [0.2, 0.25) is 0 Å². The second kappa shape index (κ2) is 7.16. The van der Waals surface area contributed by atoms with Crippen molar-refractivity contribution in [3.8, 4) is 22.8 Å². The molecule has 0 amide bonds. The number of benzene rings is 2. The van der Waals surface area contributed by atoms with Crippen LogP contribution in [0.1, 0.15) is 11.1 Å². The van der Waals surface area contributed by atoms with Gasteiger partial charge in [0.05, 0.1) is 26.1 Å². The number of nitrogens with one attached hydrogen (secondary N) is 1. The maximum absolute atomic E-state index is 6.11. The molecular formula is C18H16Cl2N2O2. The minimum absolute atomic E-state index is 0.581. The lowest BCUT2D eigenvalue weighted by Crippen LogP contribution is -1.97. The molecule has 1 heterocycles. The number of para-hydroxylation sites is 1. The second-order valence-corrected chi connectivity index (χ2v) is 6.13. The fourth-order valence-electron chi connectivity index (χ4n) is 2.69. The molecule has 0 spiro atoms. The van der Waals surface area contributed by atoms with Gasteiger partial charge in [-0.25, -0.2) is 0 Å². The standard InChI is InChI=1S/C18H16Cl2N2O2/c1-23-16-5-3-4-11(18(16)24-2)6-13-10-21-22-17(13)12-7-14(19)9-15(20)8-12/h3-5,7-10H,6H2,1-2H3,(H,21,22). The van der Waals surface area contributed by atoms with Crippen LogP contribution in [0, 0.1) is 0 Å². The molecule has 0 fully saturated rings. The summed E-state index contributed by atoms with van der Waals surface area (Å²) in [5, 5.41) is 8.35. The van der Waals surface area contributed by atoms with Crippen LogP contribution in [0.4, 0.5) is 0 Å². The number of ether oxygens (including phenoxy) is 2. The lowest BCUT2D eigenvalue weighted by atomic mass is 10.0. The minimum Gasteiger partial charge on any atom is -0.493 e. The number of hydrogen-bond acceptors (Lipinski definition) is 3. The van der Waals surface area contributed by atoms with Crippen molar-refractivity contribution in [1.29, 1.82) is 0 Å². The first-order chi connectivity index (χ1) is 11.6. The molecule has 0 atom stereocenters. The quantitative estimate of drug-likeness (QED) is 0.695. The van der Waals surface area contributed by atoms with Crippen LogP contribution in [0.3, 0.4) is 0 Å². The van der Waals surface area contributed by atoms with E-state index in [4.69, 9.17) is 32.7 Å². The molecule has 0 aliphatic rings. The highest BCUT2D eigenvalue weighted by atomic mass is 35.5. The van der Waals surface area contributed by atoms with E-state index in [0.717, 1.165) is 28.1 Å². The summed E-state index contributed by atoms with van der Waals surface area (Å²) in [7, 11) is 3.26. The van der Waals surface area contributed by atoms with E-state index in [0.29, 0.717) is 22.2 Å². The summed E-state index contributed by atoms with van der Waals surface area (Å²) in [5.41, 5.74) is 3.79. The first-order valence-corrected chi connectivity index (χ1v) is 8.06. The van der Waals surface area contributed by atoms with E-state index in [-0.39, 0.29) is 0 Å². The number of H-pyrrole nitrogens is 1. The average molecular weight is 363 g/mol. The Morgan fingerprint density at radius 1 is 1.00 bits per heavy atom. The van der Waals surface area contributed by atoms with E-state index in [1.165, 1.54) is 0 Å². The van der Waals surface area contributed by atoms with Gasteiger partial charge in [0, 0.05) is 33.2 Å². The Balaban J connectivity index is 2.00. The minimum atomic E-state index is 0.581. The predicted molar refractivity (Wildman–Crippen MR) is 96.4 cm³/mol. The number of nitrogens with zero attached hydrogens (tertiary/aromatic N) is 1. The first-order valence-electron chi connectivity index (χ1n) is 7.31. The lowest BCUT2D eigenvalue weighted by Gasteiger charge is -2.12. The Kier molecular flexibility index (Phi) is 4.97. The van der Waals surface area contributed by atoms with Crippen LogP contribution in [-0.4, -0.2) is 24.4 Å². The maximum Gasteiger partial charge on any atom is 0.164 e. The zero-order valence-electron chi connectivity index (χ0n) is 13.3. The number of rotatable bonds is 5. The third-order valence-electron chi connectivity index (χ3n) is 3.73. The first kappa shape index (κ1) is 16.7. The third-order valence-corrected chi connectivity index (χ3v) is 4.17. The van der Waals surface area contributed by atoms with Crippen LogP contribution < -0.4 is 9.47 Å². The molecule has 0 aliphatic heterocycles. The molecule has 1 N–H and O–H groups in total. The number of halogens is 2. The van der Waals surface area contributed by atoms with Gasteiger partial charge in [-0.1, -0.05) is 35.3 Å². The van der Waals surface area contributed by atoms with Crippen molar-refractivity contribution in [2.45, 2.75) is 6.42 Å². The van der Waals surface area contributed by atoms with Crippen LogP contribution in [0.15, 0.2) is 42.6 Å². The molecule has 0 bridgehead atoms. The summed E-state index contributed by atoms with van der Waals surface area (Å²) in [6.07, 6.45) is 2.43. The number of hydrogen-bond donors (Lipinski definition) is 1. The molecule has 0 saturated carbocycles. The number of methoxy groups -OCH3 is 2. The molecule has 0 radical (unpaired) electrons. The Labute approximate surface area is 150 Å². The van der Waals surface area contributed by atoms with Gasteiger partial charge in [0.25, 0.3) is 0 Å². The van der Waals surface area contributed by atoms with Crippen LogP contribution >= 0.6 is 23.2 Å². The fraction of sp³-hybridized carbons (Fsp3) is 0.167. The zero-order valence-corrected chi connectivity index (χ0v) is 14.8. The monoisotopic (exact) mass is 362 g/mol. The highest BCUT2D eigenvalue weighted by Gasteiger charge is 2.14. The SMILES string of the molecule is COc1cccc(Cc2cn[nH]c2-c2cc(Cl)cc(Cl)c2)c1OC. The van der Waals surface area contributed by atoms with Crippen LogP contribution in [0.2, 0.25) is 10.0 Å². The number of aromatic amines is 1. The summed E-state index contributed by atoms with van der Waals surface area (Å²) < 4.78 is 10.9. The summed E-state index contributed by atoms with van der Waals surface area (Å²) in [6, 6.07) is 11.2. The molecule has 0 unspecified atom stereocenters.